The molecule has 1 aromatic heterocycles. The SMILES string of the molecule is O=C(CN[C@@H](c1ccccc1)c1cccs1)Nc1cc(S(=O)(=O)N2CCCC2)ccc1Cl. The Kier molecular flexibility index (Phi) is 7.27. The summed E-state index contributed by atoms with van der Waals surface area (Å²) in [5, 5.41) is 8.34. The van der Waals surface area contributed by atoms with Gasteiger partial charge in [-0.25, -0.2) is 8.42 Å². The Morgan fingerprint density at radius 2 is 1.81 bits per heavy atom. The van der Waals surface area contributed by atoms with Gasteiger partial charge in [0.15, 0.2) is 0 Å². The standard InChI is InChI=1S/C23H24ClN3O3S2/c24-19-11-10-18(32(29,30)27-12-4-5-13-27)15-20(19)26-22(28)16-25-23(21-9-6-14-31-21)17-7-2-1-3-8-17/h1-3,6-11,14-15,23,25H,4-5,12-13,16H2,(H,26,28)/t23-/m0/s1. The molecule has 0 aliphatic carbocycles. The summed E-state index contributed by atoms with van der Waals surface area (Å²) in [4.78, 5) is 13.9. The van der Waals surface area contributed by atoms with Gasteiger partial charge in [-0.2, -0.15) is 4.31 Å². The minimum absolute atomic E-state index is 0.0386. The zero-order chi connectivity index (χ0) is 22.6. The Bertz CT molecular complexity index is 1160. The summed E-state index contributed by atoms with van der Waals surface area (Å²) in [6.07, 6.45) is 1.71. The molecule has 0 radical (unpaired) electrons. The van der Waals surface area contributed by atoms with Gasteiger partial charge in [0, 0.05) is 18.0 Å². The summed E-state index contributed by atoms with van der Waals surface area (Å²) >= 11 is 7.86. The maximum Gasteiger partial charge on any atom is 0.243 e. The molecule has 168 valence electrons. The molecule has 6 nitrogen and oxygen atoms in total. The molecular formula is C23H24ClN3O3S2. The fourth-order valence-electron chi connectivity index (χ4n) is 3.71. The summed E-state index contributed by atoms with van der Waals surface area (Å²) in [7, 11) is -3.60. The number of halogens is 1. The summed E-state index contributed by atoms with van der Waals surface area (Å²) in [6.45, 7) is 1.07. The van der Waals surface area contributed by atoms with E-state index in [0.717, 1.165) is 23.3 Å². The number of hydrogen-bond acceptors (Lipinski definition) is 5. The monoisotopic (exact) mass is 489 g/mol. The van der Waals surface area contributed by atoms with Crippen LogP contribution in [-0.4, -0.2) is 38.3 Å². The smallest absolute Gasteiger partial charge is 0.243 e. The first-order valence-electron chi connectivity index (χ1n) is 10.4. The van der Waals surface area contributed by atoms with E-state index in [-0.39, 0.29) is 34.1 Å². The molecule has 0 bridgehead atoms. The van der Waals surface area contributed by atoms with Crippen LogP contribution in [0.2, 0.25) is 5.02 Å². The summed E-state index contributed by atoms with van der Waals surface area (Å²) < 4.78 is 27.2. The van der Waals surface area contributed by atoms with Gasteiger partial charge in [-0.15, -0.1) is 11.3 Å². The van der Waals surface area contributed by atoms with Gasteiger partial charge in [0.25, 0.3) is 0 Å². The predicted octanol–water partition coefficient (Wildman–Crippen LogP) is 4.50. The summed E-state index contributed by atoms with van der Waals surface area (Å²) in [6, 6.07) is 18.2. The third-order valence-corrected chi connectivity index (χ3v) is 8.50. The van der Waals surface area contributed by atoms with Gasteiger partial charge in [0.2, 0.25) is 15.9 Å². The number of benzene rings is 2. The van der Waals surface area contributed by atoms with Crippen LogP contribution in [0.4, 0.5) is 5.69 Å². The molecule has 1 atom stereocenters. The number of carbonyl (C=O) groups excluding carboxylic acids is 1. The molecule has 2 aromatic carbocycles. The van der Waals surface area contributed by atoms with E-state index < -0.39 is 10.0 Å². The zero-order valence-electron chi connectivity index (χ0n) is 17.3. The van der Waals surface area contributed by atoms with E-state index in [1.54, 1.807) is 11.3 Å². The highest BCUT2D eigenvalue weighted by molar-refractivity contribution is 7.89. The molecule has 0 saturated carbocycles. The highest BCUT2D eigenvalue weighted by Crippen LogP contribution is 2.29. The number of thiophene rings is 1. The van der Waals surface area contributed by atoms with Crippen molar-refractivity contribution in [2.75, 3.05) is 25.0 Å². The van der Waals surface area contributed by atoms with Crippen LogP contribution in [-0.2, 0) is 14.8 Å². The van der Waals surface area contributed by atoms with Crippen molar-refractivity contribution in [3.05, 3.63) is 81.5 Å². The number of amides is 1. The number of hydrogen-bond donors (Lipinski definition) is 2. The van der Waals surface area contributed by atoms with Gasteiger partial charge in [-0.3, -0.25) is 10.1 Å². The van der Waals surface area contributed by atoms with E-state index in [1.165, 1.54) is 22.5 Å². The normalized spacial score (nSPS) is 15.5. The van der Waals surface area contributed by atoms with Gasteiger partial charge in [0.05, 0.1) is 28.2 Å². The topological polar surface area (TPSA) is 78.5 Å². The van der Waals surface area contributed by atoms with Gasteiger partial charge in [0.1, 0.15) is 0 Å². The number of rotatable bonds is 8. The fourth-order valence-corrected chi connectivity index (χ4v) is 6.25. The molecule has 9 heteroatoms. The Labute approximate surface area is 197 Å². The third kappa shape index (κ3) is 5.22. The van der Waals surface area contributed by atoms with Crippen LogP contribution in [0.15, 0.2) is 70.9 Å². The molecule has 1 fully saturated rings. The lowest BCUT2D eigenvalue weighted by atomic mass is 10.1. The number of nitrogens with one attached hydrogen (secondary N) is 2. The molecular weight excluding hydrogens is 466 g/mol. The first kappa shape index (κ1) is 22.9. The van der Waals surface area contributed by atoms with Crippen LogP contribution in [0.5, 0.6) is 0 Å². The number of carbonyl (C=O) groups is 1. The molecule has 1 aliphatic rings. The lowest BCUT2D eigenvalue weighted by molar-refractivity contribution is -0.115. The molecule has 32 heavy (non-hydrogen) atoms. The van der Waals surface area contributed by atoms with Crippen molar-refractivity contribution in [2.24, 2.45) is 0 Å². The highest BCUT2D eigenvalue weighted by atomic mass is 35.5. The van der Waals surface area contributed by atoms with Crippen LogP contribution >= 0.6 is 22.9 Å². The molecule has 0 spiro atoms. The molecule has 2 heterocycles. The first-order valence-corrected chi connectivity index (χ1v) is 13.1. The second kappa shape index (κ2) is 10.1. The number of sulfonamides is 1. The third-order valence-electron chi connectivity index (χ3n) is 5.34. The molecule has 1 saturated heterocycles. The van der Waals surface area contributed by atoms with Crippen molar-refractivity contribution in [1.82, 2.24) is 9.62 Å². The summed E-state index contributed by atoms with van der Waals surface area (Å²) in [5.74, 6) is -0.305. The number of nitrogens with zero attached hydrogens (tertiary/aromatic N) is 1. The van der Waals surface area contributed by atoms with E-state index in [2.05, 4.69) is 10.6 Å². The Balaban J connectivity index is 1.47. The molecule has 1 aliphatic heterocycles. The van der Waals surface area contributed by atoms with Gasteiger partial charge < -0.3 is 5.32 Å². The largest absolute Gasteiger partial charge is 0.324 e. The molecule has 1 amide bonds. The van der Waals surface area contributed by atoms with E-state index >= 15 is 0 Å². The molecule has 3 aromatic rings. The van der Waals surface area contributed by atoms with Crippen molar-refractivity contribution in [3.63, 3.8) is 0 Å². The molecule has 0 unspecified atom stereocenters. The fraction of sp³-hybridized carbons (Fsp3) is 0.261. The van der Waals surface area contributed by atoms with Crippen molar-refractivity contribution in [2.45, 2.75) is 23.8 Å². The quantitative estimate of drug-likeness (QED) is 0.488. The van der Waals surface area contributed by atoms with Crippen molar-refractivity contribution in [3.8, 4) is 0 Å². The minimum atomic E-state index is -3.60. The van der Waals surface area contributed by atoms with Crippen LogP contribution in [0.3, 0.4) is 0 Å². The Morgan fingerprint density at radius 3 is 2.50 bits per heavy atom. The second-order valence-electron chi connectivity index (χ2n) is 7.54. The Morgan fingerprint density at radius 1 is 1.06 bits per heavy atom. The number of anilines is 1. The Hall–Kier alpha value is -2.23. The maximum atomic E-state index is 12.8. The van der Waals surface area contributed by atoms with E-state index in [9.17, 15) is 13.2 Å². The maximum absolute atomic E-state index is 12.8. The van der Waals surface area contributed by atoms with Crippen LogP contribution in [0, 0.1) is 0 Å². The molecule has 4 rings (SSSR count). The van der Waals surface area contributed by atoms with Crippen LogP contribution < -0.4 is 10.6 Å². The summed E-state index contributed by atoms with van der Waals surface area (Å²) in [5.41, 5.74) is 1.34. The van der Waals surface area contributed by atoms with E-state index in [4.69, 9.17) is 11.6 Å². The van der Waals surface area contributed by atoms with E-state index in [1.807, 2.05) is 47.8 Å². The van der Waals surface area contributed by atoms with Crippen LogP contribution in [0.1, 0.15) is 29.3 Å². The first-order chi connectivity index (χ1) is 15.4. The van der Waals surface area contributed by atoms with Crippen molar-refractivity contribution < 1.29 is 13.2 Å². The van der Waals surface area contributed by atoms with Crippen LogP contribution in [0.25, 0.3) is 0 Å². The van der Waals surface area contributed by atoms with Gasteiger partial charge in [-0.05, 0) is 48.1 Å². The van der Waals surface area contributed by atoms with Gasteiger partial charge >= 0.3 is 0 Å². The minimum Gasteiger partial charge on any atom is -0.324 e. The lowest BCUT2D eigenvalue weighted by Gasteiger charge is -2.19. The predicted molar refractivity (Wildman–Crippen MR) is 129 cm³/mol. The van der Waals surface area contributed by atoms with Crippen molar-refractivity contribution in [1.29, 1.82) is 0 Å². The van der Waals surface area contributed by atoms with Gasteiger partial charge in [-0.1, -0.05) is 48.0 Å². The van der Waals surface area contributed by atoms with E-state index in [0.29, 0.717) is 13.1 Å². The average Bonchev–Trinajstić information content (AvgIpc) is 3.51. The van der Waals surface area contributed by atoms with Crippen molar-refractivity contribution >= 4 is 44.6 Å². The second-order valence-corrected chi connectivity index (χ2v) is 10.9. The highest BCUT2D eigenvalue weighted by Gasteiger charge is 2.28. The lowest BCUT2D eigenvalue weighted by Crippen LogP contribution is -2.32. The molecule has 2 N–H and O–H groups in total. The zero-order valence-corrected chi connectivity index (χ0v) is 19.7. The average molecular weight is 490 g/mol.